The van der Waals surface area contributed by atoms with Gasteiger partial charge >= 0.3 is 6.09 Å². The second-order valence-corrected chi connectivity index (χ2v) is 6.92. The zero-order chi connectivity index (χ0) is 18.4. The van der Waals surface area contributed by atoms with Crippen LogP contribution in [0.3, 0.4) is 0 Å². The van der Waals surface area contributed by atoms with E-state index in [0.717, 1.165) is 30.5 Å². The monoisotopic (exact) mass is 353 g/mol. The summed E-state index contributed by atoms with van der Waals surface area (Å²) in [6, 6.07) is 7.66. The number of para-hydroxylation sites is 1. The molecule has 0 saturated heterocycles. The molecule has 0 spiro atoms. The van der Waals surface area contributed by atoms with Crippen molar-refractivity contribution in [2.45, 2.75) is 70.8 Å². The fraction of sp³-hybridized carbons (Fsp3) is 0.650. The normalized spacial score (nSPS) is 22.4. The van der Waals surface area contributed by atoms with Gasteiger partial charge in [-0.15, -0.1) is 0 Å². The lowest BCUT2D eigenvalue weighted by Gasteiger charge is -2.36. The van der Waals surface area contributed by atoms with Gasteiger partial charge in [0.2, 0.25) is 0 Å². The first-order valence-corrected chi connectivity index (χ1v) is 9.29. The fourth-order valence-electron chi connectivity index (χ4n) is 3.51. The first kappa shape index (κ1) is 19.7. The van der Waals surface area contributed by atoms with Crippen LogP contribution in [0.5, 0.6) is 0 Å². The number of alkyl halides is 2. The number of unbranched alkanes of at least 4 members (excludes halogenated alkanes) is 1. The summed E-state index contributed by atoms with van der Waals surface area (Å²) in [6.07, 6.45) is 2.37. The Morgan fingerprint density at radius 1 is 1.32 bits per heavy atom. The summed E-state index contributed by atoms with van der Waals surface area (Å²) < 4.78 is 33.7. The Hall–Kier alpha value is -1.65. The highest BCUT2D eigenvalue weighted by atomic mass is 19.3. The molecule has 5 heteroatoms. The van der Waals surface area contributed by atoms with Gasteiger partial charge in [0.25, 0.3) is 5.92 Å². The third-order valence-electron chi connectivity index (χ3n) is 5.13. The van der Waals surface area contributed by atoms with Crippen molar-refractivity contribution in [3.63, 3.8) is 0 Å². The maximum atomic E-state index is 14.1. The van der Waals surface area contributed by atoms with Gasteiger partial charge in [0, 0.05) is 25.1 Å². The largest absolute Gasteiger partial charge is 0.446 e. The van der Waals surface area contributed by atoms with Crippen LogP contribution in [0, 0.1) is 5.92 Å². The van der Waals surface area contributed by atoms with Crippen molar-refractivity contribution >= 4 is 11.8 Å². The Labute approximate surface area is 149 Å². The van der Waals surface area contributed by atoms with Crippen molar-refractivity contribution < 1.29 is 18.3 Å². The van der Waals surface area contributed by atoms with Crippen LogP contribution in [0.15, 0.2) is 24.3 Å². The van der Waals surface area contributed by atoms with Crippen LogP contribution in [0.25, 0.3) is 0 Å². The van der Waals surface area contributed by atoms with Gasteiger partial charge in [0.1, 0.15) is 6.10 Å². The molecule has 0 heterocycles. The van der Waals surface area contributed by atoms with E-state index in [2.05, 4.69) is 0 Å². The average Bonchev–Trinajstić information content (AvgIpc) is 2.61. The molecule has 1 amide bonds. The van der Waals surface area contributed by atoms with Crippen LogP contribution in [0.4, 0.5) is 19.3 Å². The van der Waals surface area contributed by atoms with Crippen molar-refractivity contribution in [1.29, 1.82) is 0 Å². The molecular weight excluding hydrogens is 324 g/mol. The summed E-state index contributed by atoms with van der Waals surface area (Å²) in [5.74, 6) is -3.33. The number of halogens is 2. The van der Waals surface area contributed by atoms with Gasteiger partial charge in [-0.3, -0.25) is 4.90 Å². The van der Waals surface area contributed by atoms with E-state index >= 15 is 0 Å². The zero-order valence-electron chi connectivity index (χ0n) is 15.4. The van der Waals surface area contributed by atoms with Crippen molar-refractivity contribution in [2.75, 3.05) is 11.9 Å². The molecule has 3 nitrogen and oxygen atoms in total. The van der Waals surface area contributed by atoms with E-state index in [-0.39, 0.29) is 19.3 Å². The lowest BCUT2D eigenvalue weighted by Crippen LogP contribution is -2.41. The van der Waals surface area contributed by atoms with Crippen molar-refractivity contribution in [1.82, 2.24) is 0 Å². The Balaban J connectivity index is 2.00. The molecule has 1 aromatic carbocycles. The van der Waals surface area contributed by atoms with E-state index < -0.39 is 24.0 Å². The lowest BCUT2D eigenvalue weighted by atomic mass is 9.81. The van der Waals surface area contributed by atoms with Gasteiger partial charge in [0.15, 0.2) is 0 Å². The molecule has 0 N–H and O–H groups in total. The average molecular weight is 353 g/mol. The Kier molecular flexibility index (Phi) is 6.79. The molecule has 1 aromatic rings. The number of benzene rings is 1. The predicted octanol–water partition coefficient (Wildman–Crippen LogP) is 5.82. The molecule has 0 aliphatic heterocycles. The van der Waals surface area contributed by atoms with E-state index in [1.165, 1.54) is 4.90 Å². The summed E-state index contributed by atoms with van der Waals surface area (Å²) in [6.45, 7) is 4.03. The molecule has 1 aliphatic carbocycles. The molecule has 1 saturated carbocycles. The van der Waals surface area contributed by atoms with Crippen molar-refractivity contribution in [2.24, 2.45) is 5.92 Å². The first-order valence-electron chi connectivity index (χ1n) is 9.29. The number of carbonyl (C=O) groups is 1. The smallest absolute Gasteiger partial charge is 0.414 e. The summed E-state index contributed by atoms with van der Waals surface area (Å²) in [7, 11) is 1.67. The highest BCUT2D eigenvalue weighted by Gasteiger charge is 2.45. The number of hydrogen-bond acceptors (Lipinski definition) is 2. The summed E-state index contributed by atoms with van der Waals surface area (Å²) in [4.78, 5) is 14.0. The molecule has 0 bridgehead atoms. The molecule has 0 radical (unpaired) electrons. The third kappa shape index (κ3) is 4.93. The molecule has 1 unspecified atom stereocenters. The van der Waals surface area contributed by atoms with Gasteiger partial charge in [-0.2, -0.15) is 0 Å². The minimum Gasteiger partial charge on any atom is -0.446 e. The Morgan fingerprint density at radius 2 is 2.04 bits per heavy atom. The van der Waals surface area contributed by atoms with Crippen LogP contribution in [0.1, 0.15) is 57.9 Å². The van der Waals surface area contributed by atoms with Gasteiger partial charge in [-0.1, -0.05) is 44.9 Å². The van der Waals surface area contributed by atoms with Crippen molar-refractivity contribution in [3.05, 3.63) is 29.8 Å². The Morgan fingerprint density at radius 3 is 2.72 bits per heavy atom. The van der Waals surface area contributed by atoms with Crippen LogP contribution in [-0.4, -0.2) is 25.2 Å². The minimum absolute atomic E-state index is 0.200. The van der Waals surface area contributed by atoms with Crippen LogP contribution in [0.2, 0.25) is 0 Å². The van der Waals surface area contributed by atoms with Crippen LogP contribution >= 0.6 is 0 Å². The molecular formula is C20H29F2NO2. The number of anilines is 1. The molecule has 2 atom stereocenters. The van der Waals surface area contributed by atoms with Gasteiger partial charge in [-0.05, 0) is 37.3 Å². The topological polar surface area (TPSA) is 29.5 Å². The summed E-state index contributed by atoms with van der Waals surface area (Å²) >= 11 is 0. The molecule has 25 heavy (non-hydrogen) atoms. The van der Waals surface area contributed by atoms with E-state index in [0.29, 0.717) is 6.42 Å². The summed E-state index contributed by atoms with van der Waals surface area (Å²) in [5, 5.41) is 0. The van der Waals surface area contributed by atoms with Crippen LogP contribution < -0.4 is 4.90 Å². The van der Waals surface area contributed by atoms with Gasteiger partial charge in [0.05, 0.1) is 0 Å². The SMILES string of the molecule is CCCC[C@@H]1CC(OC(=O)N(C)c2ccccc2CC)CCC1(F)F. The number of carbonyl (C=O) groups excluding carboxylic acids is 1. The minimum atomic E-state index is -2.64. The first-order chi connectivity index (χ1) is 11.9. The molecule has 2 rings (SSSR count). The maximum Gasteiger partial charge on any atom is 0.414 e. The third-order valence-corrected chi connectivity index (χ3v) is 5.13. The highest BCUT2D eigenvalue weighted by Crippen LogP contribution is 2.42. The summed E-state index contributed by atoms with van der Waals surface area (Å²) in [5.41, 5.74) is 1.86. The highest BCUT2D eigenvalue weighted by molar-refractivity contribution is 5.88. The zero-order valence-corrected chi connectivity index (χ0v) is 15.4. The molecule has 1 fully saturated rings. The second-order valence-electron chi connectivity index (χ2n) is 6.92. The molecule has 1 aliphatic rings. The van der Waals surface area contributed by atoms with E-state index in [4.69, 9.17) is 4.74 Å². The lowest BCUT2D eigenvalue weighted by molar-refractivity contribution is -0.115. The van der Waals surface area contributed by atoms with E-state index in [1.807, 2.05) is 38.1 Å². The maximum absolute atomic E-state index is 14.1. The Bertz CT molecular complexity index is 577. The number of ether oxygens (including phenoxy) is 1. The number of hydrogen-bond donors (Lipinski definition) is 0. The van der Waals surface area contributed by atoms with E-state index in [1.54, 1.807) is 7.05 Å². The number of rotatable bonds is 6. The number of nitrogens with zero attached hydrogens (tertiary/aromatic N) is 1. The molecule has 140 valence electrons. The second kappa shape index (κ2) is 8.63. The predicted molar refractivity (Wildman–Crippen MR) is 96.3 cm³/mol. The fourth-order valence-corrected chi connectivity index (χ4v) is 3.51. The number of aryl methyl sites for hydroxylation is 1. The van der Waals surface area contributed by atoms with Crippen molar-refractivity contribution in [3.8, 4) is 0 Å². The van der Waals surface area contributed by atoms with Gasteiger partial charge in [-0.25, -0.2) is 13.6 Å². The molecule has 0 aromatic heterocycles. The van der Waals surface area contributed by atoms with Crippen LogP contribution in [-0.2, 0) is 11.2 Å². The van der Waals surface area contributed by atoms with Gasteiger partial charge < -0.3 is 4.74 Å². The quantitative estimate of drug-likeness (QED) is 0.645. The van der Waals surface area contributed by atoms with E-state index in [9.17, 15) is 13.6 Å². The number of amides is 1. The standard InChI is InChI=1S/C20H29F2NO2/c1-4-6-10-16-14-17(12-13-20(16,21)22)25-19(24)23(3)18-11-8-7-9-15(18)5-2/h7-9,11,16-17H,4-6,10,12-14H2,1-3H3/t16-,17?/m1/s1.